The van der Waals surface area contributed by atoms with Crippen LogP contribution in [-0.4, -0.2) is 6.54 Å². The highest BCUT2D eigenvalue weighted by molar-refractivity contribution is 5.82. The van der Waals surface area contributed by atoms with Crippen LogP contribution in [0.25, 0.3) is 11.0 Å². The quantitative estimate of drug-likeness (QED) is 0.829. The number of hydrogen-bond acceptors (Lipinski definition) is 2. The third-order valence-electron chi connectivity index (χ3n) is 2.59. The molecule has 0 spiro atoms. The summed E-state index contributed by atoms with van der Waals surface area (Å²) in [5.74, 6) is 1.01. The van der Waals surface area contributed by atoms with Crippen LogP contribution in [0.3, 0.4) is 0 Å². The summed E-state index contributed by atoms with van der Waals surface area (Å²) < 4.78 is 5.77. The fourth-order valence-electron chi connectivity index (χ4n) is 1.88. The molecule has 0 amide bonds. The summed E-state index contributed by atoms with van der Waals surface area (Å²) in [4.78, 5) is 0. The van der Waals surface area contributed by atoms with Crippen molar-refractivity contribution in [3.8, 4) is 0 Å². The molecule has 2 rings (SSSR count). The Hall–Kier alpha value is -1.28. The Morgan fingerprint density at radius 2 is 2.00 bits per heavy atom. The molecular formula is C13H17NO. The summed E-state index contributed by atoms with van der Waals surface area (Å²) in [7, 11) is 0. The van der Waals surface area contributed by atoms with Gasteiger partial charge in [0.25, 0.3) is 0 Å². The zero-order valence-corrected chi connectivity index (χ0v) is 9.55. The molecular weight excluding hydrogens is 186 g/mol. The lowest BCUT2D eigenvalue weighted by Crippen LogP contribution is -2.10. The second-order valence-electron chi connectivity index (χ2n) is 3.99. The Labute approximate surface area is 90.3 Å². The molecule has 1 N–H and O–H groups in total. The summed E-state index contributed by atoms with van der Waals surface area (Å²) in [6.07, 6.45) is 0. The molecule has 1 aromatic carbocycles. The predicted octanol–water partition coefficient (Wildman–Crippen LogP) is 3.16. The van der Waals surface area contributed by atoms with E-state index in [1.807, 2.05) is 0 Å². The van der Waals surface area contributed by atoms with Crippen LogP contribution in [0.1, 0.15) is 23.8 Å². The van der Waals surface area contributed by atoms with Gasteiger partial charge >= 0.3 is 0 Å². The van der Waals surface area contributed by atoms with Gasteiger partial charge in [-0.1, -0.05) is 13.0 Å². The number of aryl methyl sites for hydroxylation is 2. The standard InChI is InChI=1S/C13H17NO/c1-4-14-8-11-7-12-10(3)5-9(2)6-13(12)15-11/h5-7,14H,4,8H2,1-3H3. The lowest BCUT2D eigenvalue weighted by molar-refractivity contribution is 0.520. The van der Waals surface area contributed by atoms with Gasteiger partial charge < -0.3 is 9.73 Å². The van der Waals surface area contributed by atoms with Crippen LogP contribution in [0, 0.1) is 13.8 Å². The smallest absolute Gasteiger partial charge is 0.134 e. The Bertz CT molecular complexity index is 471. The minimum atomic E-state index is 0.809. The van der Waals surface area contributed by atoms with E-state index in [0.717, 1.165) is 24.4 Å². The molecule has 2 nitrogen and oxygen atoms in total. The highest BCUT2D eigenvalue weighted by Gasteiger charge is 2.05. The van der Waals surface area contributed by atoms with E-state index >= 15 is 0 Å². The zero-order valence-electron chi connectivity index (χ0n) is 9.55. The normalized spacial score (nSPS) is 11.1. The summed E-state index contributed by atoms with van der Waals surface area (Å²) >= 11 is 0. The van der Waals surface area contributed by atoms with Crippen molar-refractivity contribution in [3.63, 3.8) is 0 Å². The molecule has 1 heterocycles. The van der Waals surface area contributed by atoms with Gasteiger partial charge in [0.1, 0.15) is 11.3 Å². The predicted molar refractivity (Wildman–Crippen MR) is 63.1 cm³/mol. The van der Waals surface area contributed by atoms with E-state index in [4.69, 9.17) is 4.42 Å². The van der Waals surface area contributed by atoms with Gasteiger partial charge in [0.2, 0.25) is 0 Å². The first-order valence-corrected chi connectivity index (χ1v) is 5.41. The molecule has 2 heteroatoms. The van der Waals surface area contributed by atoms with Crippen molar-refractivity contribution in [2.75, 3.05) is 6.54 Å². The molecule has 0 radical (unpaired) electrons. The van der Waals surface area contributed by atoms with Crippen molar-refractivity contribution in [1.29, 1.82) is 0 Å². The topological polar surface area (TPSA) is 25.2 Å². The van der Waals surface area contributed by atoms with Crippen molar-refractivity contribution in [1.82, 2.24) is 5.32 Å². The van der Waals surface area contributed by atoms with Crippen molar-refractivity contribution in [3.05, 3.63) is 35.1 Å². The molecule has 2 aromatic rings. The zero-order chi connectivity index (χ0) is 10.8. The number of benzene rings is 1. The second kappa shape index (κ2) is 4.07. The van der Waals surface area contributed by atoms with Gasteiger partial charge in [-0.3, -0.25) is 0 Å². The van der Waals surface area contributed by atoms with Crippen LogP contribution in [-0.2, 0) is 6.54 Å². The SMILES string of the molecule is CCNCc1cc2c(C)cc(C)cc2o1. The number of hydrogen-bond donors (Lipinski definition) is 1. The minimum Gasteiger partial charge on any atom is -0.460 e. The molecule has 1 aromatic heterocycles. The van der Waals surface area contributed by atoms with E-state index in [0.29, 0.717) is 0 Å². The minimum absolute atomic E-state index is 0.809. The average molecular weight is 203 g/mol. The van der Waals surface area contributed by atoms with E-state index < -0.39 is 0 Å². The first kappa shape index (κ1) is 10.2. The Morgan fingerprint density at radius 3 is 2.73 bits per heavy atom. The van der Waals surface area contributed by atoms with E-state index in [9.17, 15) is 0 Å². The second-order valence-corrected chi connectivity index (χ2v) is 3.99. The van der Waals surface area contributed by atoms with E-state index in [1.54, 1.807) is 0 Å². The van der Waals surface area contributed by atoms with Gasteiger partial charge in [0.15, 0.2) is 0 Å². The van der Waals surface area contributed by atoms with Gasteiger partial charge in [-0.2, -0.15) is 0 Å². The van der Waals surface area contributed by atoms with Gasteiger partial charge in [-0.15, -0.1) is 0 Å². The molecule has 0 fully saturated rings. The lowest BCUT2D eigenvalue weighted by Gasteiger charge is -1.96. The summed E-state index contributed by atoms with van der Waals surface area (Å²) in [6, 6.07) is 6.42. The van der Waals surface area contributed by atoms with Crippen LogP contribution in [0.2, 0.25) is 0 Å². The third kappa shape index (κ3) is 2.05. The fourth-order valence-corrected chi connectivity index (χ4v) is 1.88. The number of furan rings is 1. The molecule has 0 atom stereocenters. The summed E-state index contributed by atoms with van der Waals surface area (Å²) in [6.45, 7) is 8.09. The molecule has 0 saturated carbocycles. The Kier molecular flexibility index (Phi) is 2.78. The van der Waals surface area contributed by atoms with Crippen molar-refractivity contribution in [2.45, 2.75) is 27.3 Å². The van der Waals surface area contributed by atoms with Gasteiger partial charge in [-0.25, -0.2) is 0 Å². The number of fused-ring (bicyclic) bond motifs is 1. The van der Waals surface area contributed by atoms with Crippen LogP contribution in [0.5, 0.6) is 0 Å². The first-order valence-electron chi connectivity index (χ1n) is 5.41. The van der Waals surface area contributed by atoms with E-state index in [-0.39, 0.29) is 0 Å². The molecule has 0 aliphatic rings. The van der Waals surface area contributed by atoms with Gasteiger partial charge in [-0.05, 0) is 43.7 Å². The fraction of sp³-hybridized carbons (Fsp3) is 0.385. The monoisotopic (exact) mass is 203 g/mol. The molecule has 0 saturated heterocycles. The van der Waals surface area contributed by atoms with Crippen LogP contribution < -0.4 is 5.32 Å². The molecule has 0 bridgehead atoms. The van der Waals surface area contributed by atoms with Crippen LogP contribution in [0.4, 0.5) is 0 Å². The van der Waals surface area contributed by atoms with E-state index in [1.165, 1.54) is 16.5 Å². The molecule has 0 unspecified atom stereocenters. The van der Waals surface area contributed by atoms with Crippen molar-refractivity contribution < 1.29 is 4.42 Å². The van der Waals surface area contributed by atoms with Crippen molar-refractivity contribution in [2.24, 2.45) is 0 Å². The highest BCUT2D eigenvalue weighted by atomic mass is 16.3. The summed E-state index contributed by atoms with van der Waals surface area (Å²) in [5, 5.41) is 4.50. The Morgan fingerprint density at radius 1 is 1.20 bits per heavy atom. The maximum absolute atomic E-state index is 5.77. The number of rotatable bonds is 3. The van der Waals surface area contributed by atoms with E-state index in [2.05, 4.69) is 44.3 Å². The van der Waals surface area contributed by atoms with Crippen LogP contribution in [0.15, 0.2) is 22.6 Å². The first-order chi connectivity index (χ1) is 7.20. The van der Waals surface area contributed by atoms with Gasteiger partial charge in [0, 0.05) is 5.39 Å². The maximum Gasteiger partial charge on any atom is 0.134 e. The molecule has 15 heavy (non-hydrogen) atoms. The van der Waals surface area contributed by atoms with Crippen molar-refractivity contribution >= 4 is 11.0 Å². The highest BCUT2D eigenvalue weighted by Crippen LogP contribution is 2.24. The molecule has 80 valence electrons. The summed E-state index contributed by atoms with van der Waals surface area (Å²) in [5.41, 5.74) is 3.54. The third-order valence-corrected chi connectivity index (χ3v) is 2.59. The average Bonchev–Trinajstić information content (AvgIpc) is 2.57. The Balaban J connectivity index is 2.41. The lowest BCUT2D eigenvalue weighted by atomic mass is 10.1. The largest absolute Gasteiger partial charge is 0.460 e. The van der Waals surface area contributed by atoms with Crippen LogP contribution >= 0.6 is 0 Å². The number of nitrogens with one attached hydrogen (secondary N) is 1. The molecule has 0 aliphatic carbocycles. The van der Waals surface area contributed by atoms with Gasteiger partial charge in [0.05, 0.1) is 6.54 Å². The molecule has 0 aliphatic heterocycles. The maximum atomic E-state index is 5.77.